The van der Waals surface area contributed by atoms with E-state index in [-0.39, 0.29) is 6.04 Å². The van der Waals surface area contributed by atoms with Gasteiger partial charge in [0.05, 0.1) is 30.1 Å². The molecule has 34 heavy (non-hydrogen) atoms. The van der Waals surface area contributed by atoms with Crippen LogP contribution in [0.2, 0.25) is 0 Å². The molecule has 3 unspecified atom stereocenters. The lowest BCUT2D eigenvalue weighted by molar-refractivity contribution is 0.198. The van der Waals surface area contributed by atoms with E-state index in [1.807, 2.05) is 25.4 Å². The predicted octanol–water partition coefficient (Wildman–Crippen LogP) is 5.05. The van der Waals surface area contributed by atoms with Crippen LogP contribution in [-0.2, 0) is 12.3 Å². The number of nitrogens with two attached hydrogens (primary N) is 1. The lowest BCUT2D eigenvalue weighted by Crippen LogP contribution is -2.29. The van der Waals surface area contributed by atoms with Crippen LogP contribution in [0.3, 0.4) is 0 Å². The van der Waals surface area contributed by atoms with E-state index in [1.165, 1.54) is 11.6 Å². The molecule has 1 aromatic carbocycles. The Hall–Kier alpha value is -3.27. The van der Waals surface area contributed by atoms with Crippen molar-refractivity contribution in [2.45, 2.75) is 45.6 Å². The lowest BCUT2D eigenvalue weighted by atomic mass is 9.77. The Morgan fingerprint density at radius 1 is 1.21 bits per heavy atom. The molecule has 1 aliphatic heterocycles. The van der Waals surface area contributed by atoms with Crippen LogP contribution >= 0.6 is 0 Å². The maximum atomic E-state index is 17.0. The van der Waals surface area contributed by atoms with E-state index in [1.54, 1.807) is 18.2 Å². The van der Waals surface area contributed by atoms with Crippen molar-refractivity contribution in [3.63, 3.8) is 0 Å². The minimum absolute atomic E-state index is 0.194. The molecular weight excluding hydrogens is 425 g/mol. The summed E-state index contributed by atoms with van der Waals surface area (Å²) in [4.78, 5) is 7.15. The number of alkyl halides is 1. The molecule has 1 saturated heterocycles. The topological polar surface area (TPSA) is 70.9 Å². The molecule has 3 atom stereocenters. The monoisotopic (exact) mass is 455 g/mol. The quantitative estimate of drug-likeness (QED) is 0.598. The van der Waals surface area contributed by atoms with Gasteiger partial charge in [0, 0.05) is 41.8 Å². The van der Waals surface area contributed by atoms with Gasteiger partial charge in [0.2, 0.25) is 0 Å². The number of aromatic nitrogens is 2. The summed E-state index contributed by atoms with van der Waals surface area (Å²) in [7, 11) is 0. The highest BCUT2D eigenvalue weighted by molar-refractivity contribution is 5.90. The zero-order valence-corrected chi connectivity index (χ0v) is 19.9. The van der Waals surface area contributed by atoms with Gasteiger partial charge in [-0.05, 0) is 62.1 Å². The smallest absolute Gasteiger partial charge is 0.176 e. The van der Waals surface area contributed by atoms with Crippen LogP contribution in [0, 0.1) is 38.0 Å². The summed E-state index contributed by atoms with van der Waals surface area (Å²) in [6.45, 7) is 8.62. The van der Waals surface area contributed by atoms with Gasteiger partial charge in [0.15, 0.2) is 5.67 Å². The number of allylic oxidation sites excluding steroid dienone is 4. The van der Waals surface area contributed by atoms with Crippen molar-refractivity contribution in [1.82, 2.24) is 14.5 Å². The first kappa shape index (κ1) is 22.5. The van der Waals surface area contributed by atoms with E-state index in [9.17, 15) is 5.26 Å². The zero-order chi connectivity index (χ0) is 24.0. The molecule has 6 heteroatoms. The molecule has 0 amide bonds. The number of nitrogens with zero attached hydrogens (tertiary/aromatic N) is 4. The summed E-state index contributed by atoms with van der Waals surface area (Å²) in [6, 6.07) is 8.53. The molecular formula is C28H30FN5. The minimum Gasteiger partial charge on any atom is -0.333 e. The van der Waals surface area contributed by atoms with E-state index in [2.05, 4.69) is 41.5 Å². The number of benzene rings is 1. The zero-order valence-electron chi connectivity index (χ0n) is 19.9. The number of aryl methyl sites for hydroxylation is 3. The fourth-order valence-corrected chi connectivity index (χ4v) is 5.29. The molecule has 2 N–H and O–H groups in total. The number of pyridine rings is 1. The largest absolute Gasteiger partial charge is 0.333 e. The maximum Gasteiger partial charge on any atom is 0.176 e. The Labute approximate surface area is 200 Å². The van der Waals surface area contributed by atoms with Crippen molar-refractivity contribution in [3.05, 3.63) is 77.2 Å². The molecule has 3 heterocycles. The maximum absolute atomic E-state index is 17.0. The summed E-state index contributed by atoms with van der Waals surface area (Å²) in [5.41, 5.74) is 10.3. The van der Waals surface area contributed by atoms with Gasteiger partial charge < -0.3 is 10.3 Å². The van der Waals surface area contributed by atoms with Gasteiger partial charge in [-0.2, -0.15) is 5.26 Å². The molecule has 5 nitrogen and oxygen atoms in total. The van der Waals surface area contributed by atoms with Crippen molar-refractivity contribution >= 4 is 10.9 Å². The van der Waals surface area contributed by atoms with E-state index >= 15 is 4.39 Å². The Bertz CT molecular complexity index is 1360. The van der Waals surface area contributed by atoms with Crippen molar-refractivity contribution in [2.24, 2.45) is 11.7 Å². The summed E-state index contributed by atoms with van der Waals surface area (Å²) < 4.78 is 19.1. The number of fused-ring (bicyclic) bond motifs is 1. The molecule has 0 bridgehead atoms. The third-order valence-corrected chi connectivity index (χ3v) is 7.31. The fraction of sp³-hybridized carbons (Fsp3) is 0.357. The van der Waals surface area contributed by atoms with Gasteiger partial charge in [-0.15, -0.1) is 0 Å². The van der Waals surface area contributed by atoms with Crippen molar-refractivity contribution in [3.8, 4) is 17.3 Å². The third-order valence-electron chi connectivity index (χ3n) is 7.31. The molecule has 0 saturated carbocycles. The standard InChI is InChI=1S/C28H30FN5/c1-18-12-20(3)24(13-19(18)2)27-26(28(29)9-5-4-6-21(28)14-30)23-8-11-34(25(23)15-32-27)17-33-10-7-22(31)16-33/h4-6,8-9,11-13,15,21-22H,7,10,16-17,31H2,1-3H3. The SMILES string of the molecule is Cc1cc(C)c(-c2ncc3c(ccn3CN3CCC(N)C3)c2C2(F)C=CC=CC2C#N)cc1C. The number of hydrogen-bond acceptors (Lipinski definition) is 4. The predicted molar refractivity (Wildman–Crippen MR) is 134 cm³/mol. The lowest BCUT2D eigenvalue weighted by Gasteiger charge is -2.30. The second-order valence-corrected chi connectivity index (χ2v) is 9.70. The average Bonchev–Trinajstić information content (AvgIpc) is 3.42. The molecule has 3 aromatic rings. The molecule has 2 aliphatic rings. The molecule has 2 aromatic heterocycles. The van der Waals surface area contributed by atoms with E-state index in [0.29, 0.717) is 17.9 Å². The van der Waals surface area contributed by atoms with Gasteiger partial charge >= 0.3 is 0 Å². The highest BCUT2D eigenvalue weighted by atomic mass is 19.1. The first-order chi connectivity index (χ1) is 16.3. The van der Waals surface area contributed by atoms with Gasteiger partial charge in [-0.3, -0.25) is 9.88 Å². The molecule has 1 fully saturated rings. The first-order valence-corrected chi connectivity index (χ1v) is 11.8. The molecule has 0 radical (unpaired) electrons. The Morgan fingerprint density at radius 2 is 2.00 bits per heavy atom. The summed E-state index contributed by atoms with van der Waals surface area (Å²) in [5, 5.41) is 10.6. The first-order valence-electron chi connectivity index (χ1n) is 11.8. The molecule has 5 rings (SSSR count). The number of halogens is 1. The molecule has 1 aliphatic carbocycles. The minimum atomic E-state index is -1.99. The number of rotatable bonds is 4. The number of hydrogen-bond donors (Lipinski definition) is 1. The normalized spacial score (nSPS) is 24.7. The van der Waals surface area contributed by atoms with Crippen LogP contribution in [0.15, 0.2) is 54.9 Å². The van der Waals surface area contributed by atoms with Gasteiger partial charge in [0.1, 0.15) is 5.92 Å². The second kappa shape index (κ2) is 8.50. The van der Waals surface area contributed by atoms with Gasteiger partial charge in [0.25, 0.3) is 0 Å². The highest BCUT2D eigenvalue weighted by Crippen LogP contribution is 2.46. The molecule has 0 spiro atoms. The van der Waals surface area contributed by atoms with Crippen molar-refractivity contribution in [1.29, 1.82) is 5.26 Å². The van der Waals surface area contributed by atoms with Crippen LogP contribution in [0.25, 0.3) is 22.2 Å². The second-order valence-electron chi connectivity index (χ2n) is 9.70. The number of nitriles is 1. The van der Waals surface area contributed by atoms with Gasteiger partial charge in [-0.1, -0.05) is 24.3 Å². The summed E-state index contributed by atoms with van der Waals surface area (Å²) >= 11 is 0. The van der Waals surface area contributed by atoms with Crippen LogP contribution in [0.1, 0.15) is 28.7 Å². The average molecular weight is 456 g/mol. The fourth-order valence-electron chi connectivity index (χ4n) is 5.29. The van der Waals surface area contributed by atoms with Crippen LogP contribution in [-0.4, -0.2) is 33.6 Å². The van der Waals surface area contributed by atoms with E-state index in [4.69, 9.17) is 10.7 Å². The van der Waals surface area contributed by atoms with Crippen LogP contribution in [0.5, 0.6) is 0 Å². The Kier molecular flexibility index (Phi) is 5.63. The summed E-state index contributed by atoms with van der Waals surface area (Å²) in [5.74, 6) is -0.935. The molecule has 174 valence electrons. The van der Waals surface area contributed by atoms with Crippen molar-refractivity contribution in [2.75, 3.05) is 13.1 Å². The summed E-state index contributed by atoms with van der Waals surface area (Å²) in [6.07, 6.45) is 11.4. The van der Waals surface area contributed by atoms with Crippen LogP contribution in [0.4, 0.5) is 4.39 Å². The van der Waals surface area contributed by atoms with Gasteiger partial charge in [-0.25, -0.2) is 4.39 Å². The Balaban J connectivity index is 1.74. The Morgan fingerprint density at radius 3 is 2.74 bits per heavy atom. The number of likely N-dealkylation sites (tertiary alicyclic amines) is 1. The van der Waals surface area contributed by atoms with Crippen LogP contribution < -0.4 is 5.73 Å². The van der Waals surface area contributed by atoms with E-state index < -0.39 is 11.6 Å². The highest BCUT2D eigenvalue weighted by Gasteiger charge is 2.43. The van der Waals surface area contributed by atoms with E-state index in [0.717, 1.165) is 47.1 Å². The van der Waals surface area contributed by atoms with Crippen molar-refractivity contribution < 1.29 is 4.39 Å². The third kappa shape index (κ3) is 3.66.